The summed E-state index contributed by atoms with van der Waals surface area (Å²) >= 11 is 5.73. The first-order valence-corrected chi connectivity index (χ1v) is 7.87. The van der Waals surface area contributed by atoms with Gasteiger partial charge in [0, 0.05) is 23.1 Å². The maximum atomic E-state index is 12.2. The molecule has 0 unspecified atom stereocenters. The molecule has 26 heavy (non-hydrogen) atoms. The second kappa shape index (κ2) is 6.97. The molecule has 0 bridgehead atoms. The quantitative estimate of drug-likeness (QED) is 0.296. The fourth-order valence-corrected chi connectivity index (χ4v) is 2.65. The van der Waals surface area contributed by atoms with Crippen LogP contribution in [-0.2, 0) is 11.3 Å². The summed E-state index contributed by atoms with van der Waals surface area (Å²) in [5.41, 5.74) is 0.838. The minimum Gasteiger partial charge on any atom is -0.457 e. The average molecular weight is 374 g/mol. The molecule has 7 nitrogen and oxygen atoms in total. The lowest BCUT2D eigenvalue weighted by atomic mass is 10.1. The summed E-state index contributed by atoms with van der Waals surface area (Å²) in [4.78, 5) is 34.1. The molecule has 0 saturated heterocycles. The number of benzene rings is 2. The van der Waals surface area contributed by atoms with Gasteiger partial charge in [0.25, 0.3) is 5.69 Å². The zero-order valence-electron chi connectivity index (χ0n) is 13.5. The molecule has 0 aliphatic heterocycles. The Kier molecular flexibility index (Phi) is 4.73. The third-order valence-corrected chi connectivity index (χ3v) is 4.04. The van der Waals surface area contributed by atoms with Crippen LogP contribution in [0.2, 0.25) is 5.02 Å². The molecule has 0 fully saturated rings. The lowest BCUT2D eigenvalue weighted by Gasteiger charge is -2.08. The van der Waals surface area contributed by atoms with Gasteiger partial charge < -0.3 is 9.15 Å². The Hall–Kier alpha value is -3.19. The van der Waals surface area contributed by atoms with Gasteiger partial charge in [-0.25, -0.2) is 9.59 Å². The van der Waals surface area contributed by atoms with Gasteiger partial charge >= 0.3 is 11.6 Å². The van der Waals surface area contributed by atoms with Crippen molar-refractivity contribution in [1.29, 1.82) is 0 Å². The van der Waals surface area contributed by atoms with Gasteiger partial charge in [0.15, 0.2) is 0 Å². The highest BCUT2D eigenvalue weighted by atomic mass is 35.5. The predicted octanol–water partition coefficient (Wildman–Crippen LogP) is 4.02. The van der Waals surface area contributed by atoms with Crippen LogP contribution in [0.1, 0.15) is 21.5 Å². The van der Waals surface area contributed by atoms with Crippen molar-refractivity contribution in [1.82, 2.24) is 0 Å². The highest BCUT2D eigenvalue weighted by Crippen LogP contribution is 2.26. The Labute approximate surface area is 151 Å². The molecule has 0 aliphatic rings. The number of carbonyl (C=O) groups excluding carboxylic acids is 1. The summed E-state index contributed by atoms with van der Waals surface area (Å²) < 4.78 is 10.3. The number of hydrogen-bond donors (Lipinski definition) is 0. The Balaban J connectivity index is 1.86. The summed E-state index contributed by atoms with van der Waals surface area (Å²) in [7, 11) is 0. The fourth-order valence-electron chi connectivity index (χ4n) is 2.46. The minimum absolute atomic E-state index is 0.00999. The second-order valence-electron chi connectivity index (χ2n) is 5.59. The fraction of sp³-hybridized carbons (Fsp3) is 0.111. The highest BCUT2D eigenvalue weighted by molar-refractivity contribution is 6.32. The van der Waals surface area contributed by atoms with Crippen molar-refractivity contribution in [3.63, 3.8) is 0 Å². The van der Waals surface area contributed by atoms with Crippen LogP contribution in [0.25, 0.3) is 11.0 Å². The van der Waals surface area contributed by atoms with Gasteiger partial charge in [-0.1, -0.05) is 23.7 Å². The second-order valence-corrected chi connectivity index (χ2v) is 6.00. The van der Waals surface area contributed by atoms with E-state index in [4.69, 9.17) is 20.8 Å². The minimum atomic E-state index is -0.765. The number of nitro benzene ring substituents is 1. The van der Waals surface area contributed by atoms with Crippen molar-refractivity contribution in [2.24, 2.45) is 0 Å². The zero-order valence-corrected chi connectivity index (χ0v) is 14.3. The molecule has 8 heteroatoms. The number of nitro groups is 1. The molecule has 3 rings (SSSR count). The van der Waals surface area contributed by atoms with Gasteiger partial charge in [0.2, 0.25) is 0 Å². The van der Waals surface area contributed by atoms with Crippen LogP contribution in [0.15, 0.2) is 51.7 Å². The van der Waals surface area contributed by atoms with Crippen LogP contribution in [0, 0.1) is 17.0 Å². The molecular formula is C18H12ClNO6. The summed E-state index contributed by atoms with van der Waals surface area (Å²) in [5, 5.41) is 11.5. The number of hydrogen-bond acceptors (Lipinski definition) is 6. The van der Waals surface area contributed by atoms with Crippen molar-refractivity contribution in [2.75, 3.05) is 0 Å². The van der Waals surface area contributed by atoms with Crippen LogP contribution in [0.3, 0.4) is 0 Å². The predicted molar refractivity (Wildman–Crippen MR) is 94.4 cm³/mol. The highest BCUT2D eigenvalue weighted by Gasteiger charge is 2.17. The van der Waals surface area contributed by atoms with E-state index in [0.717, 1.165) is 11.6 Å². The number of nitrogens with zero attached hydrogens (tertiary/aromatic N) is 1. The third kappa shape index (κ3) is 3.57. The SMILES string of the molecule is Cc1ccc2c(COC(=O)c3ccc(Cl)c([N+](=O)[O-])c3)cc(=O)oc2c1. The number of aryl methyl sites for hydroxylation is 1. The molecule has 2 aromatic carbocycles. The van der Waals surface area contributed by atoms with Crippen LogP contribution < -0.4 is 5.63 Å². The largest absolute Gasteiger partial charge is 0.457 e. The van der Waals surface area contributed by atoms with E-state index in [1.165, 1.54) is 18.2 Å². The molecule has 0 amide bonds. The maximum Gasteiger partial charge on any atom is 0.338 e. The van der Waals surface area contributed by atoms with Gasteiger partial charge in [0.1, 0.15) is 17.2 Å². The molecule has 0 spiro atoms. The van der Waals surface area contributed by atoms with E-state index in [0.29, 0.717) is 16.5 Å². The van der Waals surface area contributed by atoms with E-state index in [1.807, 2.05) is 13.0 Å². The molecule has 0 atom stereocenters. The number of rotatable bonds is 4. The van der Waals surface area contributed by atoms with Gasteiger partial charge in [-0.3, -0.25) is 10.1 Å². The number of carbonyl (C=O) groups is 1. The van der Waals surface area contributed by atoms with E-state index < -0.39 is 16.5 Å². The normalized spacial score (nSPS) is 10.7. The summed E-state index contributed by atoms with van der Waals surface area (Å²) in [6.07, 6.45) is 0. The molecule has 3 aromatic rings. The van der Waals surface area contributed by atoms with E-state index in [-0.39, 0.29) is 22.9 Å². The first kappa shape index (κ1) is 17.6. The molecule has 1 aromatic heterocycles. The van der Waals surface area contributed by atoms with Crippen LogP contribution in [0.5, 0.6) is 0 Å². The van der Waals surface area contributed by atoms with Crippen LogP contribution in [0.4, 0.5) is 5.69 Å². The lowest BCUT2D eigenvalue weighted by Crippen LogP contribution is -2.08. The number of ether oxygens (including phenoxy) is 1. The molecule has 132 valence electrons. The molecule has 0 N–H and O–H groups in total. The smallest absolute Gasteiger partial charge is 0.338 e. The standard InChI is InChI=1S/C18H12ClNO6/c1-10-2-4-13-12(8-17(21)26-16(13)6-10)9-25-18(22)11-3-5-14(19)15(7-11)20(23)24/h2-8H,9H2,1H3. The zero-order chi connectivity index (χ0) is 18.8. The van der Waals surface area contributed by atoms with E-state index in [9.17, 15) is 19.7 Å². The third-order valence-electron chi connectivity index (χ3n) is 3.72. The Morgan fingerprint density at radius 3 is 2.73 bits per heavy atom. The average Bonchev–Trinajstić information content (AvgIpc) is 2.58. The summed E-state index contributed by atoms with van der Waals surface area (Å²) in [6, 6.07) is 10.2. The van der Waals surface area contributed by atoms with Crippen molar-refractivity contribution in [3.05, 3.63) is 84.7 Å². The van der Waals surface area contributed by atoms with Gasteiger partial charge in [-0.05, 0) is 30.7 Å². The van der Waals surface area contributed by atoms with E-state index in [1.54, 1.807) is 12.1 Å². The molecule has 0 saturated carbocycles. The summed E-state index contributed by atoms with van der Waals surface area (Å²) in [5.74, 6) is -0.765. The van der Waals surface area contributed by atoms with Crippen molar-refractivity contribution in [3.8, 4) is 0 Å². The topological polar surface area (TPSA) is 99.6 Å². The van der Waals surface area contributed by atoms with Crippen LogP contribution >= 0.6 is 11.6 Å². The molecule has 0 radical (unpaired) electrons. The van der Waals surface area contributed by atoms with Gasteiger partial charge in [-0.15, -0.1) is 0 Å². The van der Waals surface area contributed by atoms with Crippen molar-refractivity contribution in [2.45, 2.75) is 13.5 Å². The number of halogens is 1. The van der Waals surface area contributed by atoms with Crippen molar-refractivity contribution < 1.29 is 18.9 Å². The Morgan fingerprint density at radius 1 is 1.23 bits per heavy atom. The molecular weight excluding hydrogens is 362 g/mol. The lowest BCUT2D eigenvalue weighted by molar-refractivity contribution is -0.384. The van der Waals surface area contributed by atoms with Crippen molar-refractivity contribution >= 4 is 34.2 Å². The Bertz CT molecular complexity index is 1090. The Morgan fingerprint density at radius 2 is 2.00 bits per heavy atom. The van der Waals surface area contributed by atoms with Gasteiger partial charge in [-0.2, -0.15) is 0 Å². The molecule has 1 heterocycles. The van der Waals surface area contributed by atoms with Crippen LogP contribution in [-0.4, -0.2) is 10.9 Å². The van der Waals surface area contributed by atoms with Gasteiger partial charge in [0.05, 0.1) is 10.5 Å². The maximum absolute atomic E-state index is 12.2. The number of esters is 1. The molecule has 0 aliphatic carbocycles. The first-order chi connectivity index (χ1) is 12.3. The van der Waals surface area contributed by atoms with E-state index in [2.05, 4.69) is 0 Å². The van der Waals surface area contributed by atoms with E-state index >= 15 is 0 Å². The first-order valence-electron chi connectivity index (χ1n) is 7.49. The monoisotopic (exact) mass is 373 g/mol. The number of fused-ring (bicyclic) bond motifs is 1. The summed E-state index contributed by atoms with van der Waals surface area (Å²) in [6.45, 7) is 1.68.